The van der Waals surface area contributed by atoms with E-state index in [0.29, 0.717) is 11.5 Å². The first-order valence-corrected chi connectivity index (χ1v) is 11.6. The first-order valence-electron chi connectivity index (χ1n) is 6.81. The van der Waals surface area contributed by atoms with Gasteiger partial charge in [0.05, 0.1) is 18.8 Å². The van der Waals surface area contributed by atoms with E-state index in [1.807, 2.05) is 0 Å². The summed E-state index contributed by atoms with van der Waals surface area (Å²) in [5.41, 5.74) is 3.27. The maximum Gasteiger partial charge on any atom is 0.0773 e. The number of para-hydroxylation sites is 1. The van der Waals surface area contributed by atoms with Gasteiger partial charge in [-0.1, -0.05) is 43.9 Å². The van der Waals surface area contributed by atoms with E-state index in [0.717, 1.165) is 6.42 Å². The Labute approximate surface area is 122 Å². The van der Waals surface area contributed by atoms with E-state index in [-0.39, 0.29) is 0 Å². The first kappa shape index (κ1) is 14.6. The number of hydrogen-bond donors (Lipinski definition) is 0. The van der Waals surface area contributed by atoms with Crippen molar-refractivity contribution >= 4 is 30.6 Å². The zero-order valence-corrected chi connectivity index (χ0v) is 14.1. The van der Waals surface area contributed by atoms with Gasteiger partial charge >= 0.3 is 0 Å². The van der Waals surface area contributed by atoms with Crippen LogP contribution in [0.1, 0.15) is 17.5 Å². The monoisotopic (exact) mass is 289 g/mol. The van der Waals surface area contributed by atoms with Gasteiger partial charge < -0.3 is 0 Å². The molecular formula is C16H23NSSi. The lowest BCUT2D eigenvalue weighted by atomic mass is 9.92. The number of thioether (sulfide) groups is 1. The topological polar surface area (TPSA) is 12.4 Å². The van der Waals surface area contributed by atoms with Crippen molar-refractivity contribution in [3.05, 3.63) is 42.5 Å². The fourth-order valence-electron chi connectivity index (χ4n) is 3.10. The maximum atomic E-state index is 4.88. The Kier molecular flexibility index (Phi) is 4.36. The Morgan fingerprint density at radius 3 is 2.58 bits per heavy atom. The number of hydrogen-bond acceptors (Lipinski definition) is 2. The second-order valence-electron chi connectivity index (χ2n) is 6.19. The highest BCUT2D eigenvalue weighted by Gasteiger charge is 2.40. The minimum absolute atomic E-state index is 0.522. The van der Waals surface area contributed by atoms with Gasteiger partial charge in [0.2, 0.25) is 0 Å². The zero-order chi connectivity index (χ0) is 14.0. The molecule has 0 amide bonds. The van der Waals surface area contributed by atoms with E-state index in [4.69, 9.17) is 4.99 Å². The van der Waals surface area contributed by atoms with Crippen LogP contribution in [0.2, 0.25) is 19.6 Å². The van der Waals surface area contributed by atoms with Crippen LogP contribution in [-0.4, -0.2) is 19.4 Å². The first-order chi connectivity index (χ1) is 8.99. The van der Waals surface area contributed by atoms with Crippen molar-refractivity contribution < 1.29 is 0 Å². The smallest absolute Gasteiger partial charge is 0.0773 e. The molecule has 2 atom stereocenters. The summed E-state index contributed by atoms with van der Waals surface area (Å²) < 4.78 is 0. The number of nitrogens with zero attached hydrogens (tertiary/aromatic N) is 1. The lowest BCUT2D eigenvalue weighted by molar-refractivity contribution is 0.654. The number of allylic oxidation sites excluding steroid dienone is 1. The molecule has 0 N–H and O–H groups in total. The molecule has 0 saturated heterocycles. The van der Waals surface area contributed by atoms with Crippen LogP contribution in [0.25, 0.3) is 0 Å². The van der Waals surface area contributed by atoms with Gasteiger partial charge in [-0.3, -0.25) is 0 Å². The summed E-state index contributed by atoms with van der Waals surface area (Å²) in [6.07, 6.45) is 5.23. The van der Waals surface area contributed by atoms with Crippen LogP contribution in [0.3, 0.4) is 0 Å². The molecule has 0 fully saturated rings. The van der Waals surface area contributed by atoms with Crippen LogP contribution in [0.4, 0.5) is 5.69 Å². The van der Waals surface area contributed by atoms with Crippen LogP contribution in [0, 0.1) is 5.92 Å². The molecule has 1 nitrogen and oxygen atoms in total. The molecule has 3 heteroatoms. The Morgan fingerprint density at radius 1 is 1.32 bits per heavy atom. The molecule has 1 aromatic rings. The van der Waals surface area contributed by atoms with Gasteiger partial charge in [-0.25, -0.2) is 4.99 Å². The van der Waals surface area contributed by atoms with Gasteiger partial charge in [-0.15, -0.1) is 18.3 Å². The molecule has 0 radical (unpaired) electrons. The Balaban J connectivity index is 2.58. The SMILES string of the molecule is C=CC[C@H]1C(SC)=Nc2ccccc2[C@@H]1[Si](C)(C)C. The average Bonchev–Trinajstić information content (AvgIpc) is 2.36. The van der Waals surface area contributed by atoms with Crippen molar-refractivity contribution in [3.63, 3.8) is 0 Å². The molecule has 1 aliphatic rings. The molecule has 0 aromatic heterocycles. The van der Waals surface area contributed by atoms with E-state index in [1.54, 1.807) is 11.8 Å². The molecule has 0 saturated carbocycles. The third kappa shape index (κ3) is 2.87. The summed E-state index contributed by atoms with van der Waals surface area (Å²) in [7, 11) is -1.31. The summed E-state index contributed by atoms with van der Waals surface area (Å²) >= 11 is 1.80. The highest BCUT2D eigenvalue weighted by Crippen LogP contribution is 2.46. The van der Waals surface area contributed by atoms with Crippen molar-refractivity contribution in [2.45, 2.75) is 31.6 Å². The summed E-state index contributed by atoms with van der Waals surface area (Å²) in [5.74, 6) is 0.522. The minimum Gasteiger partial charge on any atom is -0.246 e. The van der Waals surface area contributed by atoms with E-state index in [1.165, 1.54) is 16.3 Å². The Morgan fingerprint density at radius 2 is 2.00 bits per heavy atom. The molecule has 102 valence electrons. The number of rotatable bonds is 3. The summed E-state index contributed by atoms with van der Waals surface area (Å²) in [6.45, 7) is 11.3. The molecule has 0 spiro atoms. The van der Waals surface area contributed by atoms with Crippen LogP contribution in [0.5, 0.6) is 0 Å². The fourth-order valence-corrected chi connectivity index (χ4v) is 6.62. The van der Waals surface area contributed by atoms with Crippen molar-refractivity contribution in [1.29, 1.82) is 0 Å². The standard InChI is InChI=1S/C16H23NSSi/c1-6-9-13-15(19(3,4)5)12-10-7-8-11-14(12)17-16(13)18-2/h6-8,10-11,13,15H,1,9H2,2-5H3/t13-,15+/m1/s1. The predicted molar refractivity (Wildman–Crippen MR) is 91.4 cm³/mol. The molecule has 0 unspecified atom stereocenters. The molecule has 1 aromatic carbocycles. The lowest BCUT2D eigenvalue weighted by Crippen LogP contribution is -2.40. The highest BCUT2D eigenvalue weighted by molar-refractivity contribution is 8.13. The number of benzene rings is 1. The summed E-state index contributed by atoms with van der Waals surface area (Å²) in [5, 5.41) is 1.28. The van der Waals surface area contributed by atoms with Gasteiger partial charge in [0.1, 0.15) is 0 Å². The van der Waals surface area contributed by atoms with E-state index < -0.39 is 8.07 Å². The lowest BCUT2D eigenvalue weighted by Gasteiger charge is -2.39. The largest absolute Gasteiger partial charge is 0.246 e. The summed E-state index contributed by atoms with van der Waals surface area (Å²) in [6, 6.07) is 8.67. The Bertz CT molecular complexity index is 502. The average molecular weight is 290 g/mol. The summed E-state index contributed by atoms with van der Waals surface area (Å²) in [4.78, 5) is 4.88. The van der Waals surface area contributed by atoms with Crippen LogP contribution in [0.15, 0.2) is 41.9 Å². The quantitative estimate of drug-likeness (QED) is 0.547. The van der Waals surface area contributed by atoms with E-state index in [9.17, 15) is 0 Å². The third-order valence-corrected chi connectivity index (χ3v) is 7.18. The fraction of sp³-hybridized carbons (Fsp3) is 0.438. The number of aliphatic imine (C=N–C) groups is 1. The van der Waals surface area contributed by atoms with Gasteiger partial charge in [-0.05, 0) is 29.8 Å². The molecule has 2 rings (SSSR count). The van der Waals surface area contributed by atoms with Crippen LogP contribution in [-0.2, 0) is 0 Å². The van der Waals surface area contributed by atoms with Crippen LogP contribution >= 0.6 is 11.8 Å². The molecule has 1 aliphatic heterocycles. The molecule has 1 heterocycles. The van der Waals surface area contributed by atoms with E-state index >= 15 is 0 Å². The number of fused-ring (bicyclic) bond motifs is 1. The van der Waals surface area contributed by atoms with Crippen LogP contribution < -0.4 is 0 Å². The van der Waals surface area contributed by atoms with Gasteiger partial charge in [-0.2, -0.15) is 0 Å². The van der Waals surface area contributed by atoms with E-state index in [2.05, 4.69) is 62.8 Å². The normalized spacial score (nSPS) is 22.6. The third-order valence-electron chi connectivity index (χ3n) is 3.78. The van der Waals surface area contributed by atoms with Gasteiger partial charge in [0.25, 0.3) is 0 Å². The van der Waals surface area contributed by atoms with Crippen molar-refractivity contribution in [2.24, 2.45) is 10.9 Å². The Hall–Kier alpha value is -0.803. The predicted octanol–water partition coefficient (Wildman–Crippen LogP) is 5.25. The second-order valence-corrected chi connectivity index (χ2v) is 12.4. The minimum atomic E-state index is -1.31. The van der Waals surface area contributed by atoms with Crippen molar-refractivity contribution in [2.75, 3.05) is 6.26 Å². The maximum absolute atomic E-state index is 4.88. The van der Waals surface area contributed by atoms with Gasteiger partial charge in [0, 0.05) is 5.92 Å². The zero-order valence-electron chi connectivity index (χ0n) is 12.3. The van der Waals surface area contributed by atoms with Crippen molar-refractivity contribution in [3.8, 4) is 0 Å². The molecule has 0 aliphatic carbocycles. The van der Waals surface area contributed by atoms with Crippen molar-refractivity contribution in [1.82, 2.24) is 0 Å². The van der Waals surface area contributed by atoms with Gasteiger partial charge in [0.15, 0.2) is 0 Å². The molecular weight excluding hydrogens is 266 g/mol. The molecule has 0 bridgehead atoms. The second kappa shape index (κ2) is 5.67. The molecule has 19 heavy (non-hydrogen) atoms. The highest BCUT2D eigenvalue weighted by atomic mass is 32.2.